The largest absolute Gasteiger partial charge is 0.416 e. The van der Waals surface area contributed by atoms with E-state index >= 15 is 0 Å². The Hall–Kier alpha value is -1.86. The zero-order chi connectivity index (χ0) is 17.3. The fourth-order valence-corrected chi connectivity index (χ4v) is 3.10. The van der Waals surface area contributed by atoms with E-state index in [1.807, 2.05) is 17.9 Å². The number of aliphatic hydroxyl groups is 1. The summed E-state index contributed by atoms with van der Waals surface area (Å²) in [6, 6.07) is 7.02. The van der Waals surface area contributed by atoms with Gasteiger partial charge in [0.1, 0.15) is 5.76 Å². The minimum absolute atomic E-state index is 0.0341. The number of alkyl halides is 3. The second-order valence-electron chi connectivity index (χ2n) is 6.35. The molecule has 0 bridgehead atoms. The topological polar surface area (TPSA) is 49.5 Å². The van der Waals surface area contributed by atoms with Crippen LogP contribution in [0.4, 0.5) is 13.2 Å². The first-order chi connectivity index (χ1) is 11.3. The molecule has 7 heteroatoms. The third-order valence-electron chi connectivity index (χ3n) is 4.31. The number of nitrogens with zero attached hydrogens (tertiary/aromatic N) is 2. The number of benzene rings is 1. The summed E-state index contributed by atoms with van der Waals surface area (Å²) in [5.41, 5.74) is 0.955. The van der Waals surface area contributed by atoms with E-state index in [0.717, 1.165) is 29.2 Å². The van der Waals surface area contributed by atoms with Crippen LogP contribution in [0.2, 0.25) is 0 Å². The summed E-state index contributed by atoms with van der Waals surface area (Å²) in [7, 11) is 0. The van der Waals surface area contributed by atoms with Gasteiger partial charge in [-0.25, -0.2) is 0 Å². The van der Waals surface area contributed by atoms with Crippen LogP contribution in [0, 0.1) is 12.8 Å². The van der Waals surface area contributed by atoms with Crippen LogP contribution in [0.15, 0.2) is 34.9 Å². The molecular formula is C17H19F3N2O2. The monoisotopic (exact) mass is 340 g/mol. The maximum Gasteiger partial charge on any atom is 0.416 e. The van der Waals surface area contributed by atoms with Gasteiger partial charge in [0.2, 0.25) is 0 Å². The molecule has 1 fully saturated rings. The molecule has 2 aromatic rings. The van der Waals surface area contributed by atoms with Gasteiger partial charge in [-0.15, -0.1) is 0 Å². The van der Waals surface area contributed by atoms with E-state index in [1.165, 1.54) is 12.1 Å². The number of aromatic nitrogens is 1. The van der Waals surface area contributed by atoms with Gasteiger partial charge in [-0.2, -0.15) is 13.2 Å². The van der Waals surface area contributed by atoms with Gasteiger partial charge in [-0.1, -0.05) is 17.3 Å². The summed E-state index contributed by atoms with van der Waals surface area (Å²) in [6.45, 7) is 3.52. The molecule has 4 nitrogen and oxygen atoms in total. The molecule has 0 saturated carbocycles. The van der Waals surface area contributed by atoms with E-state index in [4.69, 9.17) is 4.52 Å². The number of likely N-dealkylation sites (tertiary alicyclic amines) is 1. The molecule has 2 heterocycles. The number of aryl methyl sites for hydroxylation is 1. The molecule has 1 aliphatic rings. The zero-order valence-electron chi connectivity index (χ0n) is 13.3. The van der Waals surface area contributed by atoms with Gasteiger partial charge in [0.15, 0.2) is 0 Å². The maximum atomic E-state index is 12.6. The summed E-state index contributed by atoms with van der Waals surface area (Å²) in [5.74, 6) is 0.778. The lowest BCUT2D eigenvalue weighted by Gasteiger charge is -2.16. The summed E-state index contributed by atoms with van der Waals surface area (Å²) in [4.78, 5) is 2.04. The lowest BCUT2D eigenvalue weighted by Crippen LogP contribution is -2.21. The second kappa shape index (κ2) is 6.57. The maximum absolute atomic E-state index is 12.6. The quantitative estimate of drug-likeness (QED) is 0.929. The average molecular weight is 340 g/mol. The fourth-order valence-electron chi connectivity index (χ4n) is 3.10. The number of hydrogen-bond donors (Lipinski definition) is 1. The standard InChI is InChI=1S/C17H19F3N2O2/c1-11-6-15(24-21-11)7-13-9-22(10-16(13)23)8-12-2-4-14(5-3-12)17(18,19)20/h2-6,13,16,23H,7-10H2,1H3/t13-,16-/m1/s1. The highest BCUT2D eigenvalue weighted by Crippen LogP contribution is 2.29. The van der Waals surface area contributed by atoms with Crippen molar-refractivity contribution < 1.29 is 22.8 Å². The van der Waals surface area contributed by atoms with Crippen LogP contribution in [0.5, 0.6) is 0 Å². The SMILES string of the molecule is Cc1cc(C[C@@H]2CN(Cc3ccc(C(F)(F)F)cc3)C[C@H]2O)on1. The molecule has 1 aliphatic heterocycles. The molecule has 2 atom stereocenters. The molecule has 130 valence electrons. The van der Waals surface area contributed by atoms with E-state index in [2.05, 4.69) is 5.16 Å². The minimum atomic E-state index is -4.32. The van der Waals surface area contributed by atoms with Crippen LogP contribution in [0.1, 0.15) is 22.6 Å². The van der Waals surface area contributed by atoms with E-state index in [9.17, 15) is 18.3 Å². The molecule has 0 aliphatic carbocycles. The van der Waals surface area contributed by atoms with E-state index < -0.39 is 17.8 Å². The normalized spacial score (nSPS) is 22.2. The minimum Gasteiger partial charge on any atom is -0.391 e. The number of hydrogen-bond acceptors (Lipinski definition) is 4. The lowest BCUT2D eigenvalue weighted by atomic mass is 10.0. The number of rotatable bonds is 4. The Kier molecular flexibility index (Phi) is 4.64. The molecule has 1 aromatic carbocycles. The van der Waals surface area contributed by atoms with E-state index in [0.29, 0.717) is 26.1 Å². The fraction of sp³-hybridized carbons (Fsp3) is 0.471. The first-order valence-corrected chi connectivity index (χ1v) is 7.80. The van der Waals surface area contributed by atoms with Gasteiger partial charge in [0.25, 0.3) is 0 Å². The molecule has 0 unspecified atom stereocenters. The Morgan fingerprint density at radius 1 is 1.25 bits per heavy atom. The summed E-state index contributed by atoms with van der Waals surface area (Å²) in [6.07, 6.45) is -4.20. The van der Waals surface area contributed by atoms with Gasteiger partial charge < -0.3 is 9.63 Å². The van der Waals surface area contributed by atoms with Crippen LogP contribution in [0.25, 0.3) is 0 Å². The Labute approximate surface area is 137 Å². The highest BCUT2D eigenvalue weighted by atomic mass is 19.4. The smallest absolute Gasteiger partial charge is 0.391 e. The van der Waals surface area contributed by atoms with Crippen LogP contribution >= 0.6 is 0 Å². The predicted molar refractivity (Wildman–Crippen MR) is 81.2 cm³/mol. The number of β-amino-alcohol motifs (C(OH)–C–C–N with tert-alkyl or cyclic N) is 1. The van der Waals surface area contributed by atoms with Gasteiger partial charge in [-0.05, 0) is 24.6 Å². The molecule has 24 heavy (non-hydrogen) atoms. The Bertz CT molecular complexity index is 682. The third-order valence-corrected chi connectivity index (χ3v) is 4.31. The van der Waals surface area contributed by atoms with Gasteiger partial charge >= 0.3 is 6.18 Å². The third kappa shape index (κ3) is 3.96. The molecule has 0 radical (unpaired) electrons. The van der Waals surface area contributed by atoms with Gasteiger partial charge in [-0.3, -0.25) is 4.90 Å². The van der Waals surface area contributed by atoms with Crippen molar-refractivity contribution in [3.8, 4) is 0 Å². The molecule has 0 spiro atoms. The molecular weight excluding hydrogens is 321 g/mol. The van der Waals surface area contributed by atoms with E-state index in [-0.39, 0.29) is 5.92 Å². The van der Waals surface area contributed by atoms with Crippen molar-refractivity contribution >= 4 is 0 Å². The van der Waals surface area contributed by atoms with Gasteiger partial charge in [0.05, 0.1) is 17.4 Å². The van der Waals surface area contributed by atoms with Crippen LogP contribution in [0.3, 0.4) is 0 Å². The Morgan fingerprint density at radius 2 is 1.96 bits per heavy atom. The highest BCUT2D eigenvalue weighted by Gasteiger charge is 2.33. The van der Waals surface area contributed by atoms with Crippen LogP contribution < -0.4 is 0 Å². The second-order valence-corrected chi connectivity index (χ2v) is 6.35. The van der Waals surface area contributed by atoms with Crippen molar-refractivity contribution in [3.05, 3.63) is 52.9 Å². The summed E-state index contributed by atoms with van der Waals surface area (Å²) < 4.78 is 42.9. The van der Waals surface area contributed by atoms with Crippen molar-refractivity contribution in [1.82, 2.24) is 10.1 Å². The summed E-state index contributed by atoms with van der Waals surface area (Å²) in [5, 5.41) is 14.0. The molecule has 3 rings (SSSR count). The average Bonchev–Trinajstić information content (AvgIpc) is 3.05. The van der Waals surface area contributed by atoms with Crippen LogP contribution in [-0.2, 0) is 19.1 Å². The first-order valence-electron chi connectivity index (χ1n) is 7.80. The Balaban J connectivity index is 1.58. The van der Waals surface area contributed by atoms with Crippen LogP contribution in [-0.4, -0.2) is 34.4 Å². The van der Waals surface area contributed by atoms with E-state index in [1.54, 1.807) is 0 Å². The number of aliphatic hydroxyl groups excluding tert-OH is 1. The van der Waals surface area contributed by atoms with Gasteiger partial charge in [0, 0.05) is 38.0 Å². The molecule has 1 aromatic heterocycles. The van der Waals surface area contributed by atoms with Crippen molar-refractivity contribution in [1.29, 1.82) is 0 Å². The first kappa shape index (κ1) is 17.0. The molecule has 1 N–H and O–H groups in total. The molecule has 1 saturated heterocycles. The lowest BCUT2D eigenvalue weighted by molar-refractivity contribution is -0.137. The van der Waals surface area contributed by atoms with Crippen molar-refractivity contribution in [2.45, 2.75) is 32.2 Å². The Morgan fingerprint density at radius 3 is 2.54 bits per heavy atom. The predicted octanol–water partition coefficient (Wildman–Crippen LogP) is 3.04. The van der Waals surface area contributed by atoms with Crippen molar-refractivity contribution in [2.24, 2.45) is 5.92 Å². The molecule has 0 amide bonds. The highest BCUT2D eigenvalue weighted by molar-refractivity contribution is 5.24. The summed E-state index contributed by atoms with van der Waals surface area (Å²) >= 11 is 0. The van der Waals surface area contributed by atoms with Crippen molar-refractivity contribution in [2.75, 3.05) is 13.1 Å². The number of halogens is 3. The van der Waals surface area contributed by atoms with Crippen molar-refractivity contribution in [3.63, 3.8) is 0 Å². The zero-order valence-corrected chi connectivity index (χ0v) is 13.3.